The number of ketones is 1. The highest BCUT2D eigenvalue weighted by atomic mass is 35.5. The Balaban J connectivity index is 1.82. The van der Waals surface area contributed by atoms with Crippen LogP contribution >= 0.6 is 11.6 Å². The summed E-state index contributed by atoms with van der Waals surface area (Å²) < 4.78 is 0. The zero-order valence-electron chi connectivity index (χ0n) is 16.2. The van der Waals surface area contributed by atoms with Gasteiger partial charge in [-0.15, -0.1) is 0 Å². The standard InChI is InChI=1S/C25H22ClNO2/c1-16-4-2-3-5-19(16)12-23-24(29)13-20-10-11-21(26)14-22(20)25(27-23)18-8-6-17(15-28)7-9-18/h2-11,14,23,28H,12-13,15H2,1H3. The van der Waals surface area contributed by atoms with E-state index in [0.717, 1.165) is 39.1 Å². The van der Waals surface area contributed by atoms with Gasteiger partial charge in [-0.05, 0) is 41.3 Å². The summed E-state index contributed by atoms with van der Waals surface area (Å²) in [5, 5.41) is 9.97. The van der Waals surface area contributed by atoms with Gasteiger partial charge in [0.05, 0.1) is 12.3 Å². The molecule has 29 heavy (non-hydrogen) atoms. The van der Waals surface area contributed by atoms with E-state index in [4.69, 9.17) is 16.6 Å². The lowest BCUT2D eigenvalue weighted by Crippen LogP contribution is -2.23. The molecule has 0 aliphatic carbocycles. The quantitative estimate of drug-likeness (QED) is 0.685. The van der Waals surface area contributed by atoms with Crippen LogP contribution in [0.2, 0.25) is 5.02 Å². The molecule has 4 heteroatoms. The second kappa shape index (κ2) is 8.32. The Bertz CT molecular complexity index is 1090. The molecule has 1 unspecified atom stereocenters. The highest BCUT2D eigenvalue weighted by Gasteiger charge is 2.26. The maximum atomic E-state index is 13.1. The minimum atomic E-state index is -0.449. The lowest BCUT2D eigenvalue weighted by molar-refractivity contribution is -0.119. The first kappa shape index (κ1) is 19.6. The molecule has 3 aromatic carbocycles. The van der Waals surface area contributed by atoms with E-state index in [0.29, 0.717) is 17.9 Å². The van der Waals surface area contributed by atoms with Gasteiger partial charge in [-0.25, -0.2) is 0 Å². The van der Waals surface area contributed by atoms with E-state index in [9.17, 15) is 9.90 Å². The van der Waals surface area contributed by atoms with Crippen molar-refractivity contribution in [2.75, 3.05) is 0 Å². The van der Waals surface area contributed by atoms with E-state index in [-0.39, 0.29) is 12.4 Å². The number of aryl methyl sites for hydroxylation is 1. The number of halogens is 1. The number of Topliss-reactive ketones (excluding diaryl/α,β-unsaturated/α-hetero) is 1. The predicted molar refractivity (Wildman–Crippen MR) is 117 cm³/mol. The van der Waals surface area contributed by atoms with Crippen LogP contribution in [0.25, 0.3) is 0 Å². The van der Waals surface area contributed by atoms with E-state index >= 15 is 0 Å². The van der Waals surface area contributed by atoms with Crippen LogP contribution in [0.4, 0.5) is 0 Å². The predicted octanol–water partition coefficient (Wildman–Crippen LogP) is 4.71. The van der Waals surface area contributed by atoms with Gasteiger partial charge in [0.2, 0.25) is 0 Å². The number of hydrogen-bond donors (Lipinski definition) is 1. The number of hydrogen-bond acceptors (Lipinski definition) is 3. The van der Waals surface area contributed by atoms with Gasteiger partial charge in [0.15, 0.2) is 5.78 Å². The van der Waals surface area contributed by atoms with Gasteiger partial charge in [-0.2, -0.15) is 0 Å². The van der Waals surface area contributed by atoms with Crippen LogP contribution in [0.1, 0.15) is 33.4 Å². The maximum Gasteiger partial charge on any atom is 0.162 e. The van der Waals surface area contributed by atoms with Crippen molar-refractivity contribution in [1.29, 1.82) is 0 Å². The first-order valence-corrected chi connectivity index (χ1v) is 10.1. The maximum absolute atomic E-state index is 13.1. The molecule has 1 atom stereocenters. The summed E-state index contributed by atoms with van der Waals surface area (Å²) in [7, 11) is 0. The summed E-state index contributed by atoms with van der Waals surface area (Å²) in [6, 6.07) is 20.9. The molecule has 0 amide bonds. The Morgan fingerprint density at radius 3 is 2.55 bits per heavy atom. The van der Waals surface area contributed by atoms with Crippen molar-refractivity contribution < 1.29 is 9.90 Å². The number of carbonyl (C=O) groups is 1. The smallest absolute Gasteiger partial charge is 0.162 e. The molecule has 0 bridgehead atoms. The summed E-state index contributed by atoms with van der Waals surface area (Å²) in [6.07, 6.45) is 0.913. The number of aliphatic hydroxyl groups excluding tert-OH is 1. The molecular formula is C25H22ClNO2. The second-order valence-corrected chi connectivity index (χ2v) is 7.86. The first-order chi connectivity index (χ1) is 14.0. The van der Waals surface area contributed by atoms with Crippen molar-refractivity contribution in [2.24, 2.45) is 4.99 Å². The molecule has 146 valence electrons. The van der Waals surface area contributed by atoms with E-state index in [1.165, 1.54) is 0 Å². The fraction of sp³-hybridized carbons (Fsp3) is 0.200. The molecule has 0 saturated heterocycles. The van der Waals surface area contributed by atoms with Gasteiger partial charge < -0.3 is 5.11 Å². The Labute approximate surface area is 175 Å². The minimum absolute atomic E-state index is 0.0104. The second-order valence-electron chi connectivity index (χ2n) is 7.42. The molecule has 0 radical (unpaired) electrons. The SMILES string of the molecule is Cc1ccccc1CC1N=C(c2ccc(CO)cc2)c2cc(Cl)ccc2CC1=O. The zero-order chi connectivity index (χ0) is 20.4. The summed E-state index contributed by atoms with van der Waals surface area (Å²) in [5.41, 5.74) is 6.66. The Morgan fingerprint density at radius 1 is 1.07 bits per heavy atom. The molecular weight excluding hydrogens is 382 g/mol. The molecule has 0 saturated carbocycles. The molecule has 4 rings (SSSR count). The van der Waals surface area contributed by atoms with Crippen molar-refractivity contribution in [1.82, 2.24) is 0 Å². The zero-order valence-corrected chi connectivity index (χ0v) is 17.0. The van der Waals surface area contributed by atoms with Gasteiger partial charge >= 0.3 is 0 Å². The molecule has 1 aliphatic heterocycles. The van der Waals surface area contributed by atoms with Crippen LogP contribution < -0.4 is 0 Å². The van der Waals surface area contributed by atoms with Crippen LogP contribution in [0, 0.1) is 6.92 Å². The number of benzene rings is 3. The molecule has 3 nitrogen and oxygen atoms in total. The Kier molecular flexibility index (Phi) is 5.61. The fourth-order valence-corrected chi connectivity index (χ4v) is 3.90. The Morgan fingerprint density at radius 2 is 1.83 bits per heavy atom. The first-order valence-electron chi connectivity index (χ1n) is 9.69. The van der Waals surface area contributed by atoms with E-state index in [1.54, 1.807) is 0 Å². The van der Waals surface area contributed by atoms with Crippen molar-refractivity contribution in [3.63, 3.8) is 0 Å². The third-order valence-electron chi connectivity index (χ3n) is 5.43. The minimum Gasteiger partial charge on any atom is -0.392 e. The van der Waals surface area contributed by atoms with Crippen LogP contribution in [-0.2, 0) is 24.2 Å². The van der Waals surface area contributed by atoms with Crippen LogP contribution in [0.3, 0.4) is 0 Å². The number of nitrogens with zero attached hydrogens (tertiary/aromatic N) is 1. The normalized spacial score (nSPS) is 16.2. The highest BCUT2D eigenvalue weighted by molar-refractivity contribution is 6.31. The lowest BCUT2D eigenvalue weighted by Gasteiger charge is -2.13. The third kappa shape index (κ3) is 4.16. The molecule has 1 heterocycles. The average Bonchev–Trinajstić information content (AvgIpc) is 2.86. The number of aliphatic hydroxyl groups is 1. The highest BCUT2D eigenvalue weighted by Crippen LogP contribution is 2.26. The van der Waals surface area contributed by atoms with Crippen LogP contribution in [-0.4, -0.2) is 22.6 Å². The van der Waals surface area contributed by atoms with Gasteiger partial charge in [0, 0.05) is 29.0 Å². The van der Waals surface area contributed by atoms with Gasteiger partial charge in [-0.3, -0.25) is 9.79 Å². The van der Waals surface area contributed by atoms with E-state index in [1.807, 2.05) is 54.6 Å². The van der Waals surface area contributed by atoms with Crippen molar-refractivity contribution >= 4 is 23.1 Å². The van der Waals surface area contributed by atoms with Crippen LogP contribution in [0.5, 0.6) is 0 Å². The number of aliphatic imine (C=N–C) groups is 1. The summed E-state index contributed by atoms with van der Waals surface area (Å²) in [5.74, 6) is 0.110. The monoisotopic (exact) mass is 403 g/mol. The van der Waals surface area contributed by atoms with E-state index in [2.05, 4.69) is 19.1 Å². The van der Waals surface area contributed by atoms with Crippen molar-refractivity contribution in [2.45, 2.75) is 32.4 Å². The summed E-state index contributed by atoms with van der Waals surface area (Å²) in [4.78, 5) is 18.0. The van der Waals surface area contributed by atoms with Gasteiger partial charge in [0.1, 0.15) is 6.04 Å². The molecule has 3 aromatic rings. The van der Waals surface area contributed by atoms with E-state index < -0.39 is 6.04 Å². The molecule has 0 spiro atoms. The topological polar surface area (TPSA) is 49.7 Å². The van der Waals surface area contributed by atoms with Crippen molar-refractivity contribution in [3.05, 3.63) is 105 Å². The number of fused-ring (bicyclic) bond motifs is 1. The number of rotatable bonds is 4. The lowest BCUT2D eigenvalue weighted by atomic mass is 9.94. The largest absolute Gasteiger partial charge is 0.392 e. The third-order valence-corrected chi connectivity index (χ3v) is 5.67. The van der Waals surface area contributed by atoms with Gasteiger partial charge in [-0.1, -0.05) is 66.2 Å². The Hall–Kier alpha value is -2.75. The average molecular weight is 404 g/mol. The molecule has 0 fully saturated rings. The van der Waals surface area contributed by atoms with Crippen molar-refractivity contribution in [3.8, 4) is 0 Å². The number of carbonyl (C=O) groups excluding carboxylic acids is 1. The fourth-order valence-electron chi connectivity index (χ4n) is 3.73. The molecule has 0 aromatic heterocycles. The molecule has 1 N–H and O–H groups in total. The van der Waals surface area contributed by atoms with Gasteiger partial charge in [0.25, 0.3) is 0 Å². The van der Waals surface area contributed by atoms with Crippen LogP contribution in [0.15, 0.2) is 71.7 Å². The summed E-state index contributed by atoms with van der Waals surface area (Å²) in [6.45, 7) is 2.05. The summed E-state index contributed by atoms with van der Waals surface area (Å²) >= 11 is 6.28. The molecule has 1 aliphatic rings.